The van der Waals surface area contributed by atoms with Crippen molar-refractivity contribution in [1.29, 1.82) is 0 Å². The van der Waals surface area contributed by atoms with E-state index in [0.717, 1.165) is 6.54 Å². The standard InChI is InChI=1S/C16H27NO3S/c1-13(2)17-10-14-4-6-16(7-5-14)21-12-15(18)11-20-9-8-19-3/h4-7,13,15,17-18H,8-12H2,1-3H3. The average molecular weight is 313 g/mol. The summed E-state index contributed by atoms with van der Waals surface area (Å²) in [7, 11) is 1.63. The highest BCUT2D eigenvalue weighted by molar-refractivity contribution is 7.99. The van der Waals surface area contributed by atoms with E-state index in [4.69, 9.17) is 9.47 Å². The molecule has 1 atom stereocenters. The normalized spacial score (nSPS) is 12.8. The first kappa shape index (κ1) is 18.5. The minimum atomic E-state index is -0.450. The molecule has 0 heterocycles. The van der Waals surface area contributed by atoms with Crippen molar-refractivity contribution in [2.24, 2.45) is 0 Å². The minimum absolute atomic E-state index is 0.354. The van der Waals surface area contributed by atoms with Crippen LogP contribution >= 0.6 is 11.8 Å². The molecule has 0 aliphatic rings. The van der Waals surface area contributed by atoms with Gasteiger partial charge in [-0.15, -0.1) is 11.8 Å². The van der Waals surface area contributed by atoms with Crippen LogP contribution in [0.15, 0.2) is 29.2 Å². The van der Waals surface area contributed by atoms with Crippen molar-refractivity contribution in [2.75, 3.05) is 32.7 Å². The van der Waals surface area contributed by atoms with E-state index < -0.39 is 6.10 Å². The summed E-state index contributed by atoms with van der Waals surface area (Å²) in [6.45, 7) is 6.60. The highest BCUT2D eigenvalue weighted by atomic mass is 32.2. The third kappa shape index (κ3) is 9.11. The van der Waals surface area contributed by atoms with E-state index in [1.54, 1.807) is 18.9 Å². The van der Waals surface area contributed by atoms with Crippen molar-refractivity contribution in [2.45, 2.75) is 37.4 Å². The zero-order valence-corrected chi connectivity index (χ0v) is 14.0. The van der Waals surface area contributed by atoms with Crippen molar-refractivity contribution in [1.82, 2.24) is 5.32 Å². The number of hydrogen-bond acceptors (Lipinski definition) is 5. The van der Waals surface area contributed by atoms with E-state index in [2.05, 4.69) is 43.4 Å². The van der Waals surface area contributed by atoms with Crippen molar-refractivity contribution < 1.29 is 14.6 Å². The minimum Gasteiger partial charge on any atom is -0.390 e. The van der Waals surface area contributed by atoms with Gasteiger partial charge < -0.3 is 19.9 Å². The van der Waals surface area contributed by atoms with Gasteiger partial charge in [-0.1, -0.05) is 26.0 Å². The molecule has 0 spiro atoms. The van der Waals surface area contributed by atoms with Crippen molar-refractivity contribution in [3.05, 3.63) is 29.8 Å². The molecule has 2 N–H and O–H groups in total. The second-order valence-corrected chi connectivity index (χ2v) is 6.31. The summed E-state index contributed by atoms with van der Waals surface area (Å²) in [4.78, 5) is 1.17. The Kier molecular flexibility index (Phi) is 9.70. The Morgan fingerprint density at radius 1 is 1.19 bits per heavy atom. The quantitative estimate of drug-likeness (QED) is 0.485. The molecule has 0 saturated carbocycles. The zero-order chi connectivity index (χ0) is 15.5. The second-order valence-electron chi connectivity index (χ2n) is 5.21. The van der Waals surface area contributed by atoms with Gasteiger partial charge in [-0.05, 0) is 17.7 Å². The Morgan fingerprint density at radius 2 is 1.90 bits per heavy atom. The van der Waals surface area contributed by atoms with E-state index >= 15 is 0 Å². The number of aliphatic hydroxyl groups is 1. The molecule has 5 heteroatoms. The molecule has 1 rings (SSSR count). The van der Waals surface area contributed by atoms with Crippen molar-refractivity contribution >= 4 is 11.8 Å². The van der Waals surface area contributed by atoms with Crippen LogP contribution in [0.4, 0.5) is 0 Å². The van der Waals surface area contributed by atoms with Gasteiger partial charge in [0.25, 0.3) is 0 Å². The Hall–Kier alpha value is -0.590. The zero-order valence-electron chi connectivity index (χ0n) is 13.2. The molecule has 0 fully saturated rings. The fourth-order valence-electron chi connectivity index (χ4n) is 1.63. The number of nitrogens with one attached hydrogen (secondary N) is 1. The van der Waals surface area contributed by atoms with Crippen LogP contribution in [0.25, 0.3) is 0 Å². The van der Waals surface area contributed by atoms with E-state index in [0.29, 0.717) is 31.6 Å². The van der Waals surface area contributed by atoms with Crippen LogP contribution in [0.5, 0.6) is 0 Å². The van der Waals surface area contributed by atoms with E-state index in [9.17, 15) is 5.11 Å². The van der Waals surface area contributed by atoms with Crippen molar-refractivity contribution in [3.63, 3.8) is 0 Å². The van der Waals surface area contributed by atoms with E-state index in [1.807, 2.05) is 0 Å². The summed E-state index contributed by atoms with van der Waals surface area (Å²) in [5, 5.41) is 13.2. The van der Waals surface area contributed by atoms with Gasteiger partial charge in [-0.25, -0.2) is 0 Å². The predicted molar refractivity (Wildman–Crippen MR) is 87.8 cm³/mol. The number of rotatable bonds is 11. The number of thioether (sulfide) groups is 1. The van der Waals surface area contributed by atoms with Crippen LogP contribution in [0, 0.1) is 0 Å². The van der Waals surface area contributed by atoms with E-state index in [1.165, 1.54) is 10.5 Å². The van der Waals surface area contributed by atoms with Gasteiger partial charge in [0.1, 0.15) is 0 Å². The third-order valence-corrected chi connectivity index (χ3v) is 3.98. The Bertz CT molecular complexity index is 370. The first-order valence-electron chi connectivity index (χ1n) is 7.31. The van der Waals surface area contributed by atoms with Gasteiger partial charge in [-0.3, -0.25) is 0 Å². The maximum absolute atomic E-state index is 9.81. The highest BCUT2D eigenvalue weighted by Crippen LogP contribution is 2.19. The molecule has 120 valence electrons. The topological polar surface area (TPSA) is 50.7 Å². The molecule has 0 aliphatic heterocycles. The summed E-state index contributed by atoms with van der Waals surface area (Å²) in [5.41, 5.74) is 1.27. The number of ether oxygens (including phenoxy) is 2. The molecule has 0 amide bonds. The fourth-order valence-corrected chi connectivity index (χ4v) is 2.44. The number of hydrogen-bond donors (Lipinski definition) is 2. The SMILES string of the molecule is COCCOCC(O)CSc1ccc(CNC(C)C)cc1. The summed E-state index contributed by atoms with van der Waals surface area (Å²) >= 11 is 1.64. The molecular formula is C16H27NO3S. The lowest BCUT2D eigenvalue weighted by Gasteiger charge is -2.11. The largest absolute Gasteiger partial charge is 0.390 e. The Balaban J connectivity index is 2.22. The van der Waals surface area contributed by atoms with Gasteiger partial charge in [0.05, 0.1) is 25.9 Å². The summed E-state index contributed by atoms with van der Waals surface area (Å²) < 4.78 is 10.2. The van der Waals surface area contributed by atoms with Gasteiger partial charge >= 0.3 is 0 Å². The van der Waals surface area contributed by atoms with Gasteiger partial charge in [0.15, 0.2) is 0 Å². The van der Waals surface area contributed by atoms with Crippen LogP contribution in [-0.4, -0.2) is 49.9 Å². The molecule has 21 heavy (non-hydrogen) atoms. The monoisotopic (exact) mass is 313 g/mol. The molecule has 0 aliphatic carbocycles. The van der Waals surface area contributed by atoms with Gasteiger partial charge in [0.2, 0.25) is 0 Å². The average Bonchev–Trinajstić information content (AvgIpc) is 2.48. The van der Waals surface area contributed by atoms with Crippen LogP contribution in [0.2, 0.25) is 0 Å². The summed E-state index contributed by atoms with van der Waals surface area (Å²) in [6, 6.07) is 8.94. The molecule has 0 radical (unpaired) electrons. The lowest BCUT2D eigenvalue weighted by Crippen LogP contribution is -2.21. The summed E-state index contributed by atoms with van der Waals surface area (Å²) in [5.74, 6) is 0.635. The Labute approximate surface area is 132 Å². The highest BCUT2D eigenvalue weighted by Gasteiger charge is 2.05. The molecule has 4 nitrogen and oxygen atoms in total. The molecule has 1 aromatic rings. The third-order valence-electron chi connectivity index (χ3n) is 2.82. The van der Waals surface area contributed by atoms with Crippen LogP contribution < -0.4 is 5.32 Å². The molecular weight excluding hydrogens is 286 g/mol. The lowest BCUT2D eigenvalue weighted by molar-refractivity contribution is 0.0218. The maximum atomic E-state index is 9.81. The Morgan fingerprint density at radius 3 is 2.52 bits per heavy atom. The number of methoxy groups -OCH3 is 1. The second kappa shape index (κ2) is 11.0. The predicted octanol–water partition coefficient (Wildman–Crippen LogP) is 2.30. The summed E-state index contributed by atoms with van der Waals surface area (Å²) in [6.07, 6.45) is -0.450. The number of benzene rings is 1. The van der Waals surface area contributed by atoms with Gasteiger partial charge in [-0.2, -0.15) is 0 Å². The van der Waals surface area contributed by atoms with Crippen LogP contribution in [0.3, 0.4) is 0 Å². The molecule has 0 bridgehead atoms. The first-order valence-corrected chi connectivity index (χ1v) is 8.30. The van der Waals surface area contributed by atoms with Crippen molar-refractivity contribution in [3.8, 4) is 0 Å². The van der Waals surface area contributed by atoms with E-state index in [-0.39, 0.29) is 0 Å². The lowest BCUT2D eigenvalue weighted by atomic mass is 10.2. The molecule has 0 aromatic heterocycles. The first-order chi connectivity index (χ1) is 10.1. The van der Waals surface area contributed by atoms with Crippen LogP contribution in [0.1, 0.15) is 19.4 Å². The van der Waals surface area contributed by atoms with Crippen LogP contribution in [-0.2, 0) is 16.0 Å². The number of aliphatic hydroxyl groups excluding tert-OH is 1. The molecule has 0 saturated heterocycles. The smallest absolute Gasteiger partial charge is 0.0867 e. The van der Waals surface area contributed by atoms with Gasteiger partial charge in [0, 0.05) is 30.3 Å². The molecule has 1 unspecified atom stereocenters. The fraction of sp³-hybridized carbons (Fsp3) is 0.625. The molecule has 1 aromatic carbocycles. The maximum Gasteiger partial charge on any atom is 0.0867 e.